The lowest BCUT2D eigenvalue weighted by Crippen LogP contribution is -2.58. The fourth-order valence-corrected chi connectivity index (χ4v) is 3.98. The van der Waals surface area contributed by atoms with Gasteiger partial charge in [0.1, 0.15) is 11.5 Å². The molecule has 0 aliphatic carbocycles. The maximum absolute atomic E-state index is 13.5. The second kappa shape index (κ2) is 5.81. The van der Waals surface area contributed by atoms with Gasteiger partial charge < -0.3 is 4.90 Å². The number of nitro groups is 1. The summed E-state index contributed by atoms with van der Waals surface area (Å²) in [6.07, 6.45) is 1.14. The van der Waals surface area contributed by atoms with Crippen LogP contribution in [-0.2, 0) is 10.0 Å². The van der Waals surface area contributed by atoms with Gasteiger partial charge in [0.15, 0.2) is 0 Å². The lowest BCUT2D eigenvalue weighted by atomic mass is 10.1. The van der Waals surface area contributed by atoms with Gasteiger partial charge in [-0.1, -0.05) is 0 Å². The first-order chi connectivity index (χ1) is 10.1. The van der Waals surface area contributed by atoms with Crippen molar-refractivity contribution < 1.29 is 17.7 Å². The van der Waals surface area contributed by atoms with Gasteiger partial charge in [-0.3, -0.25) is 10.1 Å². The van der Waals surface area contributed by atoms with E-state index in [2.05, 4.69) is 0 Å². The molecular weight excluding hydrogens is 313 g/mol. The van der Waals surface area contributed by atoms with Crippen molar-refractivity contribution in [3.05, 3.63) is 34.1 Å². The molecule has 1 aromatic carbocycles. The van der Waals surface area contributed by atoms with Crippen molar-refractivity contribution in [1.29, 1.82) is 0 Å². The van der Waals surface area contributed by atoms with Gasteiger partial charge in [-0.05, 0) is 19.9 Å². The Morgan fingerprint density at radius 1 is 1.27 bits per heavy atom. The first-order valence-corrected chi connectivity index (χ1v) is 8.63. The molecule has 1 fully saturated rings. The van der Waals surface area contributed by atoms with Crippen molar-refractivity contribution in [3.8, 4) is 0 Å². The Kier molecular flexibility index (Phi) is 4.39. The Bertz CT molecular complexity index is 695. The Balaban J connectivity index is 2.39. The molecule has 0 amide bonds. The predicted molar refractivity (Wildman–Crippen MR) is 80.9 cm³/mol. The smallest absolute Gasteiger partial charge is 0.292 e. The fourth-order valence-electron chi connectivity index (χ4n) is 2.77. The molecule has 1 heterocycles. The summed E-state index contributed by atoms with van der Waals surface area (Å²) in [6.45, 7) is 3.95. The zero-order valence-corrected chi connectivity index (χ0v) is 13.4. The Morgan fingerprint density at radius 3 is 2.45 bits per heavy atom. The number of hydrogen-bond acceptors (Lipinski definition) is 5. The molecule has 122 valence electrons. The molecule has 0 unspecified atom stereocenters. The zero-order chi connectivity index (χ0) is 16.7. The minimum Gasteiger partial charge on any atom is -0.360 e. The van der Waals surface area contributed by atoms with E-state index in [4.69, 9.17) is 0 Å². The summed E-state index contributed by atoms with van der Waals surface area (Å²) in [5.41, 5.74) is -0.00856. The molecule has 0 spiro atoms. The molecule has 0 bridgehead atoms. The van der Waals surface area contributed by atoms with Crippen LogP contribution in [0.5, 0.6) is 0 Å². The third kappa shape index (κ3) is 3.20. The number of anilines is 1. The highest BCUT2D eigenvalue weighted by molar-refractivity contribution is 7.88. The monoisotopic (exact) mass is 331 g/mol. The van der Waals surface area contributed by atoms with Gasteiger partial charge >= 0.3 is 0 Å². The van der Waals surface area contributed by atoms with Crippen LogP contribution in [0.2, 0.25) is 0 Å². The maximum atomic E-state index is 13.5. The molecule has 7 nitrogen and oxygen atoms in total. The number of rotatable bonds is 3. The van der Waals surface area contributed by atoms with Crippen LogP contribution < -0.4 is 4.90 Å². The van der Waals surface area contributed by atoms with Crippen LogP contribution in [-0.4, -0.2) is 49.1 Å². The summed E-state index contributed by atoms with van der Waals surface area (Å²) in [5, 5.41) is 11.1. The number of benzene rings is 1. The van der Waals surface area contributed by atoms with Crippen LogP contribution in [0.15, 0.2) is 18.2 Å². The van der Waals surface area contributed by atoms with E-state index in [9.17, 15) is 22.9 Å². The second-order valence-corrected chi connectivity index (χ2v) is 7.51. The van der Waals surface area contributed by atoms with Gasteiger partial charge in [0, 0.05) is 37.3 Å². The molecule has 1 saturated heterocycles. The van der Waals surface area contributed by atoms with E-state index in [0.717, 1.165) is 24.5 Å². The number of nitro benzene ring substituents is 1. The SMILES string of the molecule is C[C@@H]1CN(S(C)(=O)=O)[C@@H](C)CN1c1cc(F)ccc1[N+](=O)[O-]. The Labute approximate surface area is 128 Å². The molecule has 1 aromatic rings. The van der Waals surface area contributed by atoms with Crippen LogP contribution in [0.3, 0.4) is 0 Å². The van der Waals surface area contributed by atoms with Crippen LogP contribution in [0.4, 0.5) is 15.8 Å². The van der Waals surface area contributed by atoms with Crippen molar-refractivity contribution in [1.82, 2.24) is 4.31 Å². The first kappa shape index (κ1) is 16.6. The second-order valence-electron chi connectivity index (χ2n) is 5.57. The largest absolute Gasteiger partial charge is 0.360 e. The molecular formula is C13H18FN3O4S. The quantitative estimate of drug-likeness (QED) is 0.620. The zero-order valence-electron chi connectivity index (χ0n) is 12.6. The van der Waals surface area contributed by atoms with Crippen molar-refractivity contribution in [2.75, 3.05) is 24.2 Å². The number of nitrogens with zero attached hydrogens (tertiary/aromatic N) is 3. The Hall–Kier alpha value is -1.74. The van der Waals surface area contributed by atoms with Gasteiger partial charge in [0.05, 0.1) is 11.2 Å². The van der Waals surface area contributed by atoms with Crippen molar-refractivity contribution >= 4 is 21.4 Å². The number of sulfonamides is 1. The summed E-state index contributed by atoms with van der Waals surface area (Å²) >= 11 is 0. The average Bonchev–Trinajstić information content (AvgIpc) is 2.39. The Morgan fingerprint density at radius 2 is 1.91 bits per heavy atom. The van der Waals surface area contributed by atoms with Crippen molar-refractivity contribution in [3.63, 3.8) is 0 Å². The molecule has 9 heteroatoms. The van der Waals surface area contributed by atoms with Gasteiger partial charge in [0.2, 0.25) is 10.0 Å². The minimum atomic E-state index is -3.35. The normalized spacial score (nSPS) is 23.5. The van der Waals surface area contributed by atoms with E-state index in [1.165, 1.54) is 4.31 Å². The van der Waals surface area contributed by atoms with E-state index < -0.39 is 20.8 Å². The highest BCUT2D eigenvalue weighted by Crippen LogP contribution is 2.33. The predicted octanol–water partition coefficient (Wildman–Crippen LogP) is 1.59. The molecule has 0 N–H and O–H groups in total. The van der Waals surface area contributed by atoms with Crippen LogP contribution in [0, 0.1) is 15.9 Å². The van der Waals surface area contributed by atoms with Crippen LogP contribution >= 0.6 is 0 Å². The third-order valence-electron chi connectivity index (χ3n) is 3.80. The van der Waals surface area contributed by atoms with Crippen LogP contribution in [0.25, 0.3) is 0 Å². The van der Waals surface area contributed by atoms with Gasteiger partial charge in [-0.2, -0.15) is 4.31 Å². The molecule has 2 rings (SSSR count). The van der Waals surface area contributed by atoms with E-state index in [1.807, 2.05) is 0 Å². The molecule has 0 radical (unpaired) electrons. The first-order valence-electron chi connectivity index (χ1n) is 6.78. The van der Waals surface area contributed by atoms with E-state index in [1.54, 1.807) is 18.7 Å². The molecule has 1 aliphatic rings. The summed E-state index contributed by atoms with van der Waals surface area (Å²) in [7, 11) is -3.35. The number of piperazine rings is 1. The molecule has 0 aromatic heterocycles. The highest BCUT2D eigenvalue weighted by Gasteiger charge is 2.36. The molecule has 2 atom stereocenters. The lowest BCUT2D eigenvalue weighted by Gasteiger charge is -2.43. The van der Waals surface area contributed by atoms with Gasteiger partial charge in [-0.25, -0.2) is 12.8 Å². The molecule has 1 aliphatic heterocycles. The third-order valence-corrected chi connectivity index (χ3v) is 5.16. The average molecular weight is 331 g/mol. The van der Waals surface area contributed by atoms with Crippen molar-refractivity contribution in [2.45, 2.75) is 25.9 Å². The standard InChI is InChI=1S/C13H18FN3O4S/c1-9-8-16(22(3,20)21)10(2)7-15(9)13-6-11(14)4-5-12(13)17(18)19/h4-6,9-10H,7-8H2,1-3H3/t9-,10+/m1/s1. The summed E-state index contributed by atoms with van der Waals surface area (Å²) in [5.74, 6) is -0.564. The molecule has 0 saturated carbocycles. The van der Waals surface area contributed by atoms with Crippen LogP contribution in [0.1, 0.15) is 13.8 Å². The summed E-state index contributed by atoms with van der Waals surface area (Å²) in [6, 6.07) is 2.64. The minimum absolute atomic E-state index is 0.178. The molecule has 22 heavy (non-hydrogen) atoms. The topological polar surface area (TPSA) is 83.8 Å². The van der Waals surface area contributed by atoms with E-state index >= 15 is 0 Å². The van der Waals surface area contributed by atoms with E-state index in [0.29, 0.717) is 0 Å². The lowest BCUT2D eigenvalue weighted by molar-refractivity contribution is -0.384. The van der Waals surface area contributed by atoms with Gasteiger partial charge in [0.25, 0.3) is 5.69 Å². The summed E-state index contributed by atoms with van der Waals surface area (Å²) < 4.78 is 38.4. The number of hydrogen-bond donors (Lipinski definition) is 0. The number of halogens is 1. The fraction of sp³-hybridized carbons (Fsp3) is 0.538. The maximum Gasteiger partial charge on any atom is 0.292 e. The van der Waals surface area contributed by atoms with Gasteiger partial charge in [-0.15, -0.1) is 0 Å². The van der Waals surface area contributed by atoms with E-state index in [-0.39, 0.29) is 36.5 Å². The highest BCUT2D eigenvalue weighted by atomic mass is 32.2. The van der Waals surface area contributed by atoms with Crippen molar-refractivity contribution in [2.24, 2.45) is 0 Å². The summed E-state index contributed by atoms with van der Waals surface area (Å²) in [4.78, 5) is 12.3.